The zero-order chi connectivity index (χ0) is 9.14. The third kappa shape index (κ3) is 2.41. The number of carboxylic acid groups (broad SMARTS) is 1. The first kappa shape index (κ1) is 9.90. The van der Waals surface area contributed by atoms with E-state index in [1.165, 1.54) is 0 Å². The van der Waals surface area contributed by atoms with E-state index >= 15 is 0 Å². The fourth-order valence-electron chi connectivity index (χ4n) is 1.69. The van der Waals surface area contributed by atoms with Gasteiger partial charge in [0.1, 0.15) is 0 Å². The van der Waals surface area contributed by atoms with Gasteiger partial charge in [-0.2, -0.15) is 11.8 Å². The summed E-state index contributed by atoms with van der Waals surface area (Å²) in [6.07, 6.45) is 2.14. The summed E-state index contributed by atoms with van der Waals surface area (Å²) < 4.78 is 0. The highest BCUT2D eigenvalue weighted by Crippen LogP contribution is 2.33. The van der Waals surface area contributed by atoms with Crippen LogP contribution in [0, 0.1) is 11.8 Å². The average molecular weight is 188 g/mol. The second-order valence-electron chi connectivity index (χ2n) is 3.59. The van der Waals surface area contributed by atoms with Gasteiger partial charge >= 0.3 is 5.97 Å². The third-order valence-electron chi connectivity index (χ3n) is 2.62. The first-order chi connectivity index (χ1) is 5.61. The molecule has 0 aromatic carbocycles. The van der Waals surface area contributed by atoms with Crippen LogP contribution >= 0.6 is 11.8 Å². The molecule has 1 saturated heterocycles. The molecule has 0 spiro atoms. The van der Waals surface area contributed by atoms with Crippen LogP contribution in [0.2, 0.25) is 0 Å². The smallest absolute Gasteiger partial charge is 0.306 e. The van der Waals surface area contributed by atoms with Gasteiger partial charge in [0.2, 0.25) is 0 Å². The molecular weight excluding hydrogens is 172 g/mol. The lowest BCUT2D eigenvalue weighted by molar-refractivity contribution is -0.143. The maximum absolute atomic E-state index is 10.7. The minimum absolute atomic E-state index is 0.159. The van der Waals surface area contributed by atoms with Crippen molar-refractivity contribution in [2.45, 2.75) is 31.9 Å². The molecule has 70 valence electrons. The highest BCUT2D eigenvalue weighted by Gasteiger charge is 2.27. The summed E-state index contributed by atoms with van der Waals surface area (Å²) >= 11 is 1.96. The third-order valence-corrected chi connectivity index (χ3v) is 3.86. The van der Waals surface area contributed by atoms with Crippen molar-refractivity contribution < 1.29 is 9.90 Å². The molecule has 3 unspecified atom stereocenters. The maximum Gasteiger partial charge on any atom is 0.306 e. The van der Waals surface area contributed by atoms with Gasteiger partial charge in [-0.15, -0.1) is 0 Å². The molecule has 2 nitrogen and oxygen atoms in total. The Morgan fingerprint density at radius 2 is 2.33 bits per heavy atom. The molecule has 0 aromatic heterocycles. The number of rotatable bonds is 2. The molecule has 3 heteroatoms. The monoisotopic (exact) mass is 188 g/mol. The Labute approximate surface area is 77.7 Å². The van der Waals surface area contributed by atoms with E-state index in [1.54, 1.807) is 0 Å². The number of aliphatic carboxylic acids is 1. The maximum atomic E-state index is 10.7. The van der Waals surface area contributed by atoms with Crippen molar-refractivity contribution in [3.8, 4) is 0 Å². The lowest BCUT2D eigenvalue weighted by Gasteiger charge is -2.28. The van der Waals surface area contributed by atoms with E-state index < -0.39 is 5.97 Å². The standard InChI is InChI=1S/C9H16O2S/c1-6-5-8(3-4-12-6)7(2)9(10)11/h6-8H,3-5H2,1-2H3,(H,10,11). The Bertz CT molecular complexity index is 170. The van der Waals surface area contributed by atoms with E-state index in [2.05, 4.69) is 6.92 Å². The second kappa shape index (κ2) is 4.17. The summed E-state index contributed by atoms with van der Waals surface area (Å²) in [5.74, 6) is 0.731. The Hall–Kier alpha value is -0.180. The first-order valence-electron chi connectivity index (χ1n) is 4.45. The predicted octanol–water partition coefficient (Wildman–Crippen LogP) is 2.24. The van der Waals surface area contributed by atoms with Gasteiger partial charge in [-0.25, -0.2) is 0 Å². The van der Waals surface area contributed by atoms with E-state index in [9.17, 15) is 4.79 Å². The quantitative estimate of drug-likeness (QED) is 0.722. The van der Waals surface area contributed by atoms with Gasteiger partial charge in [-0.1, -0.05) is 13.8 Å². The average Bonchev–Trinajstić information content (AvgIpc) is 2.03. The SMILES string of the molecule is CC1CC(C(C)C(=O)O)CCS1. The molecule has 0 aliphatic carbocycles. The van der Waals surface area contributed by atoms with E-state index in [1.807, 2.05) is 18.7 Å². The summed E-state index contributed by atoms with van der Waals surface area (Å²) in [7, 11) is 0. The molecule has 1 fully saturated rings. The van der Waals surface area contributed by atoms with Crippen LogP contribution in [0.4, 0.5) is 0 Å². The highest BCUT2D eigenvalue weighted by molar-refractivity contribution is 7.99. The summed E-state index contributed by atoms with van der Waals surface area (Å²) in [6, 6.07) is 0. The zero-order valence-corrected chi connectivity index (χ0v) is 8.43. The topological polar surface area (TPSA) is 37.3 Å². The molecule has 0 bridgehead atoms. The second-order valence-corrected chi connectivity index (χ2v) is 5.14. The molecule has 0 saturated carbocycles. The van der Waals surface area contributed by atoms with Gasteiger partial charge in [0.05, 0.1) is 5.92 Å². The van der Waals surface area contributed by atoms with Crippen LogP contribution in [0.15, 0.2) is 0 Å². The Balaban J connectivity index is 2.45. The molecule has 1 N–H and O–H groups in total. The van der Waals surface area contributed by atoms with Crippen molar-refractivity contribution in [2.24, 2.45) is 11.8 Å². The molecule has 1 aliphatic rings. The summed E-state index contributed by atoms with van der Waals surface area (Å²) in [4.78, 5) is 10.7. The number of thioether (sulfide) groups is 1. The zero-order valence-electron chi connectivity index (χ0n) is 7.62. The van der Waals surface area contributed by atoms with Crippen LogP contribution in [0.25, 0.3) is 0 Å². The summed E-state index contributed by atoms with van der Waals surface area (Å²) in [5.41, 5.74) is 0. The molecule has 1 heterocycles. The Morgan fingerprint density at radius 3 is 2.83 bits per heavy atom. The fourth-order valence-corrected chi connectivity index (χ4v) is 2.91. The first-order valence-corrected chi connectivity index (χ1v) is 5.50. The Morgan fingerprint density at radius 1 is 1.67 bits per heavy atom. The van der Waals surface area contributed by atoms with Gasteiger partial charge in [-0.3, -0.25) is 4.79 Å². The predicted molar refractivity (Wildman–Crippen MR) is 51.4 cm³/mol. The normalized spacial score (nSPS) is 32.8. The molecule has 0 radical (unpaired) electrons. The molecular formula is C9H16O2S. The van der Waals surface area contributed by atoms with Gasteiger partial charge in [0.25, 0.3) is 0 Å². The molecule has 0 aromatic rings. The van der Waals surface area contributed by atoms with Crippen molar-refractivity contribution in [1.82, 2.24) is 0 Å². The van der Waals surface area contributed by atoms with Crippen LogP contribution < -0.4 is 0 Å². The van der Waals surface area contributed by atoms with Gasteiger partial charge in [-0.05, 0) is 24.5 Å². The van der Waals surface area contributed by atoms with Crippen LogP contribution in [0.5, 0.6) is 0 Å². The lowest BCUT2D eigenvalue weighted by Crippen LogP contribution is -2.26. The van der Waals surface area contributed by atoms with E-state index in [-0.39, 0.29) is 5.92 Å². The highest BCUT2D eigenvalue weighted by atomic mass is 32.2. The molecule has 0 amide bonds. The number of carboxylic acids is 1. The summed E-state index contributed by atoms with van der Waals surface area (Å²) in [5, 5.41) is 9.46. The molecule has 1 rings (SSSR count). The van der Waals surface area contributed by atoms with Crippen LogP contribution in [0.3, 0.4) is 0 Å². The van der Waals surface area contributed by atoms with Gasteiger partial charge < -0.3 is 5.11 Å². The van der Waals surface area contributed by atoms with E-state index in [0.717, 1.165) is 18.6 Å². The van der Waals surface area contributed by atoms with Crippen molar-refractivity contribution in [1.29, 1.82) is 0 Å². The van der Waals surface area contributed by atoms with Crippen LogP contribution in [-0.2, 0) is 4.79 Å². The number of carbonyl (C=O) groups is 1. The molecule has 12 heavy (non-hydrogen) atoms. The van der Waals surface area contributed by atoms with Gasteiger partial charge in [0.15, 0.2) is 0 Å². The van der Waals surface area contributed by atoms with Crippen LogP contribution in [0.1, 0.15) is 26.7 Å². The van der Waals surface area contributed by atoms with Crippen molar-refractivity contribution in [2.75, 3.05) is 5.75 Å². The lowest BCUT2D eigenvalue weighted by atomic mass is 9.87. The largest absolute Gasteiger partial charge is 0.481 e. The molecule has 3 atom stereocenters. The van der Waals surface area contributed by atoms with E-state index in [4.69, 9.17) is 5.11 Å². The van der Waals surface area contributed by atoms with Crippen molar-refractivity contribution in [3.63, 3.8) is 0 Å². The minimum Gasteiger partial charge on any atom is -0.481 e. The van der Waals surface area contributed by atoms with Crippen molar-refractivity contribution in [3.05, 3.63) is 0 Å². The number of hydrogen-bond donors (Lipinski definition) is 1. The van der Waals surface area contributed by atoms with Crippen molar-refractivity contribution >= 4 is 17.7 Å². The number of hydrogen-bond acceptors (Lipinski definition) is 2. The Kier molecular flexibility index (Phi) is 3.44. The minimum atomic E-state index is -0.640. The molecule has 1 aliphatic heterocycles. The summed E-state index contributed by atoms with van der Waals surface area (Å²) in [6.45, 7) is 4.01. The van der Waals surface area contributed by atoms with Gasteiger partial charge in [0, 0.05) is 5.25 Å². The fraction of sp³-hybridized carbons (Fsp3) is 0.889. The van der Waals surface area contributed by atoms with E-state index in [0.29, 0.717) is 11.2 Å². The van der Waals surface area contributed by atoms with Crippen LogP contribution in [-0.4, -0.2) is 22.1 Å².